The smallest absolute Gasteiger partial charge is 0.249 e. The first-order valence-electron chi connectivity index (χ1n) is 12.3. The van der Waals surface area contributed by atoms with E-state index in [-0.39, 0.29) is 23.3 Å². The van der Waals surface area contributed by atoms with Crippen LogP contribution in [0, 0.1) is 0 Å². The lowest BCUT2D eigenvalue weighted by molar-refractivity contribution is -0.128. The Bertz CT molecular complexity index is 1300. The molecule has 0 saturated carbocycles. The Kier molecular flexibility index (Phi) is 7.90. The van der Waals surface area contributed by atoms with Crippen molar-refractivity contribution in [2.75, 3.05) is 10.2 Å². The maximum Gasteiger partial charge on any atom is 0.249 e. The normalized spacial score (nSPS) is 15.5. The van der Waals surface area contributed by atoms with E-state index in [1.165, 1.54) is 0 Å². The van der Waals surface area contributed by atoms with Crippen LogP contribution in [0.5, 0.6) is 0 Å². The van der Waals surface area contributed by atoms with Crippen molar-refractivity contribution in [3.8, 4) is 11.1 Å². The SMILES string of the molecule is CC(C)(N)CC(=O)N[C@@H]1CCc2ccccc2N(Cc2ccc(-c3ccccc3NC(N)=S)cc2)C1=O. The minimum absolute atomic E-state index is 0.122. The fourth-order valence-corrected chi connectivity index (χ4v) is 4.73. The van der Waals surface area contributed by atoms with Gasteiger partial charge in [-0.1, -0.05) is 60.7 Å². The average Bonchev–Trinajstić information content (AvgIpc) is 2.96. The number of nitrogens with zero attached hydrogens (tertiary/aromatic N) is 1. The molecule has 192 valence electrons. The van der Waals surface area contributed by atoms with Crippen molar-refractivity contribution in [1.82, 2.24) is 5.32 Å². The molecule has 1 heterocycles. The molecule has 2 amide bonds. The van der Waals surface area contributed by atoms with Crippen LogP contribution in [0.2, 0.25) is 0 Å². The van der Waals surface area contributed by atoms with Crippen LogP contribution >= 0.6 is 12.2 Å². The predicted molar refractivity (Wildman–Crippen MR) is 153 cm³/mol. The van der Waals surface area contributed by atoms with Gasteiger partial charge in [0.2, 0.25) is 11.8 Å². The minimum Gasteiger partial charge on any atom is -0.376 e. The number of aryl methyl sites for hydroxylation is 1. The van der Waals surface area contributed by atoms with Crippen molar-refractivity contribution in [1.29, 1.82) is 0 Å². The summed E-state index contributed by atoms with van der Waals surface area (Å²) in [6.45, 7) is 3.98. The van der Waals surface area contributed by atoms with Gasteiger partial charge in [-0.25, -0.2) is 0 Å². The standard InChI is InChI=1S/C29H33N5O2S/c1-29(2,31)17-26(35)32-24-16-15-21-7-3-6-10-25(21)34(27(24)36)18-19-11-13-20(14-12-19)22-8-4-5-9-23(22)33-28(30)37/h3-14,24H,15-18,31H2,1-2H3,(H,32,35)(H3,30,33,37)/t24-/m1/s1. The first-order valence-corrected chi connectivity index (χ1v) is 12.7. The van der Waals surface area contributed by atoms with Gasteiger partial charge in [0.05, 0.1) is 6.54 Å². The highest BCUT2D eigenvalue weighted by Crippen LogP contribution is 2.31. The molecule has 1 aliphatic rings. The maximum absolute atomic E-state index is 13.7. The summed E-state index contributed by atoms with van der Waals surface area (Å²) in [5.41, 5.74) is 16.8. The number of carbonyl (C=O) groups excluding carboxylic acids is 2. The summed E-state index contributed by atoms with van der Waals surface area (Å²) in [7, 11) is 0. The molecule has 0 saturated heterocycles. The molecule has 0 fully saturated rings. The highest BCUT2D eigenvalue weighted by molar-refractivity contribution is 7.80. The first kappa shape index (κ1) is 26.3. The van der Waals surface area contributed by atoms with E-state index in [9.17, 15) is 9.59 Å². The van der Waals surface area contributed by atoms with Crippen LogP contribution in [0.25, 0.3) is 11.1 Å². The first-order chi connectivity index (χ1) is 17.6. The number of nitrogens with two attached hydrogens (primary N) is 2. The lowest BCUT2D eigenvalue weighted by atomic mass is 10.0. The Hall–Kier alpha value is -3.75. The van der Waals surface area contributed by atoms with Crippen LogP contribution in [0.4, 0.5) is 11.4 Å². The van der Waals surface area contributed by atoms with E-state index in [4.69, 9.17) is 23.7 Å². The van der Waals surface area contributed by atoms with Crippen molar-refractivity contribution in [2.24, 2.45) is 11.5 Å². The number of hydrogen-bond acceptors (Lipinski definition) is 4. The number of thiocarbonyl (C=S) groups is 1. The van der Waals surface area contributed by atoms with Crippen LogP contribution in [0.15, 0.2) is 72.8 Å². The van der Waals surface area contributed by atoms with Gasteiger partial charge in [0.15, 0.2) is 5.11 Å². The average molecular weight is 516 g/mol. The van der Waals surface area contributed by atoms with Crippen molar-refractivity contribution >= 4 is 40.5 Å². The lowest BCUT2D eigenvalue weighted by Gasteiger charge is -2.27. The third-order valence-electron chi connectivity index (χ3n) is 6.29. The van der Waals surface area contributed by atoms with Gasteiger partial charge in [0, 0.05) is 28.9 Å². The minimum atomic E-state index is -0.647. The molecule has 37 heavy (non-hydrogen) atoms. The van der Waals surface area contributed by atoms with Gasteiger partial charge in [0.25, 0.3) is 0 Å². The van der Waals surface area contributed by atoms with E-state index in [2.05, 4.69) is 10.6 Å². The van der Waals surface area contributed by atoms with Crippen LogP contribution in [0.3, 0.4) is 0 Å². The van der Waals surface area contributed by atoms with Gasteiger partial charge in [-0.05, 0) is 67.7 Å². The molecular formula is C29H33N5O2S. The number of nitrogens with one attached hydrogen (secondary N) is 2. The molecule has 7 nitrogen and oxygen atoms in total. The summed E-state index contributed by atoms with van der Waals surface area (Å²) in [5.74, 6) is -0.339. The van der Waals surface area contributed by atoms with Gasteiger partial charge in [-0.3, -0.25) is 9.59 Å². The third kappa shape index (κ3) is 6.72. The van der Waals surface area contributed by atoms with E-state index in [0.29, 0.717) is 19.4 Å². The Morgan fingerprint density at radius 2 is 1.73 bits per heavy atom. The molecule has 0 aliphatic carbocycles. The molecular weight excluding hydrogens is 482 g/mol. The molecule has 1 aliphatic heterocycles. The lowest BCUT2D eigenvalue weighted by Crippen LogP contribution is -2.49. The van der Waals surface area contributed by atoms with Crippen LogP contribution in [0.1, 0.15) is 37.8 Å². The second-order valence-electron chi connectivity index (χ2n) is 10.1. The molecule has 4 rings (SSSR count). The molecule has 0 radical (unpaired) electrons. The number of fused-ring (bicyclic) bond motifs is 1. The Labute approximate surface area is 223 Å². The molecule has 0 unspecified atom stereocenters. The highest BCUT2D eigenvalue weighted by Gasteiger charge is 2.32. The highest BCUT2D eigenvalue weighted by atomic mass is 32.1. The second kappa shape index (κ2) is 11.1. The van der Waals surface area contributed by atoms with E-state index < -0.39 is 11.6 Å². The fourth-order valence-electron chi connectivity index (χ4n) is 4.62. The monoisotopic (exact) mass is 515 g/mol. The predicted octanol–water partition coefficient (Wildman–Crippen LogP) is 4.10. The van der Waals surface area contributed by atoms with E-state index in [1.807, 2.05) is 72.8 Å². The summed E-state index contributed by atoms with van der Waals surface area (Å²) in [4.78, 5) is 28.1. The maximum atomic E-state index is 13.7. The zero-order valence-corrected chi connectivity index (χ0v) is 22.0. The van der Waals surface area contributed by atoms with E-state index >= 15 is 0 Å². The Morgan fingerprint density at radius 1 is 1.05 bits per heavy atom. The number of benzene rings is 3. The molecule has 0 bridgehead atoms. The van der Waals surface area contributed by atoms with E-state index in [1.54, 1.807) is 18.7 Å². The fraction of sp³-hybridized carbons (Fsp3) is 0.276. The molecule has 1 atom stereocenters. The molecule has 0 spiro atoms. The molecule has 3 aromatic carbocycles. The molecule has 0 aromatic heterocycles. The van der Waals surface area contributed by atoms with E-state index in [0.717, 1.165) is 33.6 Å². The number of para-hydroxylation sites is 2. The summed E-state index contributed by atoms with van der Waals surface area (Å²) in [6.07, 6.45) is 1.38. The number of carbonyl (C=O) groups is 2. The van der Waals surface area contributed by atoms with Crippen molar-refractivity contribution in [2.45, 2.75) is 51.2 Å². The summed E-state index contributed by atoms with van der Waals surface area (Å²) >= 11 is 5.01. The number of amides is 2. The Balaban J connectivity index is 1.58. The molecule has 6 N–H and O–H groups in total. The number of anilines is 2. The van der Waals surface area contributed by atoms with Crippen molar-refractivity contribution in [3.63, 3.8) is 0 Å². The zero-order valence-electron chi connectivity index (χ0n) is 21.2. The van der Waals surface area contributed by atoms with Gasteiger partial charge in [-0.15, -0.1) is 0 Å². The largest absolute Gasteiger partial charge is 0.376 e. The van der Waals surface area contributed by atoms with Gasteiger partial charge >= 0.3 is 0 Å². The quantitative estimate of drug-likeness (QED) is 0.353. The van der Waals surface area contributed by atoms with Crippen LogP contribution < -0.4 is 27.0 Å². The van der Waals surface area contributed by atoms with Crippen molar-refractivity contribution < 1.29 is 9.59 Å². The van der Waals surface area contributed by atoms with Gasteiger partial charge in [0.1, 0.15) is 6.04 Å². The zero-order chi connectivity index (χ0) is 26.6. The second-order valence-corrected chi connectivity index (χ2v) is 10.5. The van der Waals surface area contributed by atoms with Gasteiger partial charge < -0.3 is 27.0 Å². The van der Waals surface area contributed by atoms with Crippen LogP contribution in [-0.4, -0.2) is 28.5 Å². The van der Waals surface area contributed by atoms with Crippen LogP contribution in [-0.2, 0) is 22.6 Å². The van der Waals surface area contributed by atoms with Crippen molar-refractivity contribution in [3.05, 3.63) is 83.9 Å². The summed E-state index contributed by atoms with van der Waals surface area (Å²) in [5, 5.41) is 6.16. The topological polar surface area (TPSA) is 113 Å². The third-order valence-corrected chi connectivity index (χ3v) is 6.39. The summed E-state index contributed by atoms with van der Waals surface area (Å²) in [6, 6.07) is 23.2. The Morgan fingerprint density at radius 3 is 2.43 bits per heavy atom. The molecule has 3 aromatic rings. The summed E-state index contributed by atoms with van der Waals surface area (Å²) < 4.78 is 0. The van der Waals surface area contributed by atoms with Gasteiger partial charge in [-0.2, -0.15) is 0 Å². The number of hydrogen-bond donors (Lipinski definition) is 4. The molecule has 8 heteroatoms. The number of rotatable bonds is 7.